The van der Waals surface area contributed by atoms with Gasteiger partial charge < -0.3 is 9.47 Å². The Morgan fingerprint density at radius 1 is 1.13 bits per heavy atom. The quantitative estimate of drug-likeness (QED) is 0.648. The molecular weight excluding hydrogens is 376 g/mol. The number of aliphatic imine (C=N–C) groups is 1. The van der Waals surface area contributed by atoms with Gasteiger partial charge in [-0.05, 0) is 94.0 Å². The topological polar surface area (TPSA) is 60.8 Å². The van der Waals surface area contributed by atoms with E-state index in [9.17, 15) is 4.79 Å². The molecule has 0 radical (unpaired) electrons. The number of ether oxygens (including phenoxy) is 2. The van der Waals surface area contributed by atoms with Gasteiger partial charge in [0.15, 0.2) is 6.61 Å². The van der Waals surface area contributed by atoms with E-state index in [0.717, 1.165) is 54.1 Å². The molecule has 1 unspecified atom stereocenters. The van der Waals surface area contributed by atoms with Crippen LogP contribution in [-0.4, -0.2) is 29.9 Å². The lowest BCUT2D eigenvalue weighted by molar-refractivity contribution is -0.145. The minimum Gasteiger partial charge on any atom is -0.482 e. The number of allylic oxidation sites excluding steroid dienone is 1. The molecule has 5 heteroatoms. The summed E-state index contributed by atoms with van der Waals surface area (Å²) in [5.74, 6) is 0.442. The summed E-state index contributed by atoms with van der Waals surface area (Å²) in [6.07, 6.45) is 8.36. The maximum Gasteiger partial charge on any atom is 0.344 e. The van der Waals surface area contributed by atoms with Gasteiger partial charge in [-0.2, -0.15) is 0 Å². The second-order valence-corrected chi connectivity index (χ2v) is 8.01. The van der Waals surface area contributed by atoms with Gasteiger partial charge >= 0.3 is 5.97 Å². The number of benzene rings is 1. The van der Waals surface area contributed by atoms with Crippen molar-refractivity contribution >= 4 is 11.7 Å². The molecule has 5 nitrogen and oxygen atoms in total. The first kappa shape index (κ1) is 20.3. The minimum absolute atomic E-state index is 0.0601. The molecule has 0 fully saturated rings. The van der Waals surface area contributed by atoms with Gasteiger partial charge in [0.1, 0.15) is 11.3 Å². The molecule has 1 aromatic carbocycles. The zero-order valence-corrected chi connectivity index (χ0v) is 17.9. The highest BCUT2D eigenvalue weighted by Gasteiger charge is 2.28. The molecule has 0 amide bonds. The number of hydrogen-bond donors (Lipinski definition) is 0. The third-order valence-corrected chi connectivity index (χ3v) is 5.74. The summed E-state index contributed by atoms with van der Waals surface area (Å²) in [5.41, 5.74) is 6.11. The summed E-state index contributed by atoms with van der Waals surface area (Å²) in [5, 5.41) is 0. The van der Waals surface area contributed by atoms with Crippen molar-refractivity contribution in [1.29, 1.82) is 0 Å². The number of aromatic nitrogens is 1. The fourth-order valence-corrected chi connectivity index (χ4v) is 4.28. The van der Waals surface area contributed by atoms with Crippen LogP contribution in [0.1, 0.15) is 50.4 Å². The van der Waals surface area contributed by atoms with Crippen molar-refractivity contribution in [2.24, 2.45) is 4.99 Å². The highest BCUT2D eigenvalue weighted by Crippen LogP contribution is 2.38. The Bertz CT molecular complexity index is 1030. The average Bonchev–Trinajstić information content (AvgIpc) is 3.12. The lowest BCUT2D eigenvalue weighted by Crippen LogP contribution is -2.17. The van der Waals surface area contributed by atoms with E-state index in [0.29, 0.717) is 6.61 Å². The normalized spacial score (nSPS) is 19.9. The molecule has 2 heterocycles. The maximum atomic E-state index is 11.7. The van der Waals surface area contributed by atoms with Crippen LogP contribution in [0.15, 0.2) is 47.5 Å². The van der Waals surface area contributed by atoms with Crippen LogP contribution < -0.4 is 4.74 Å². The standard InChI is InChI=1S/C25H28N2O3/c1-4-29-24(28)16-30-22-13-12-19(18-8-5-6-9-20(18)22)21-10-7-11-23(26-21)25(3)15-14-17(2)27-25/h7,10-15H,4-6,8-9,16H2,1-3H3. The van der Waals surface area contributed by atoms with E-state index in [2.05, 4.69) is 31.2 Å². The van der Waals surface area contributed by atoms with Gasteiger partial charge in [-0.1, -0.05) is 6.07 Å². The fourth-order valence-electron chi connectivity index (χ4n) is 4.28. The van der Waals surface area contributed by atoms with Crippen molar-refractivity contribution in [2.75, 3.05) is 13.2 Å². The van der Waals surface area contributed by atoms with E-state index in [1.807, 2.05) is 25.1 Å². The molecule has 0 bridgehead atoms. The molecule has 0 saturated heterocycles. The van der Waals surface area contributed by atoms with Gasteiger partial charge in [0.05, 0.1) is 18.0 Å². The Balaban J connectivity index is 1.68. The number of pyridine rings is 1. The van der Waals surface area contributed by atoms with Crippen LogP contribution in [0.5, 0.6) is 5.75 Å². The summed E-state index contributed by atoms with van der Waals surface area (Å²) in [6, 6.07) is 10.2. The van der Waals surface area contributed by atoms with Crippen LogP contribution in [0, 0.1) is 0 Å². The molecule has 30 heavy (non-hydrogen) atoms. The zero-order valence-electron chi connectivity index (χ0n) is 17.9. The van der Waals surface area contributed by atoms with E-state index >= 15 is 0 Å². The van der Waals surface area contributed by atoms with E-state index in [4.69, 9.17) is 19.5 Å². The maximum absolute atomic E-state index is 11.7. The summed E-state index contributed by atoms with van der Waals surface area (Å²) in [4.78, 5) is 21.5. The first-order chi connectivity index (χ1) is 14.5. The highest BCUT2D eigenvalue weighted by molar-refractivity contribution is 5.95. The van der Waals surface area contributed by atoms with E-state index in [1.54, 1.807) is 6.92 Å². The van der Waals surface area contributed by atoms with Crippen molar-refractivity contribution in [3.05, 3.63) is 59.3 Å². The van der Waals surface area contributed by atoms with E-state index < -0.39 is 5.54 Å². The van der Waals surface area contributed by atoms with Gasteiger partial charge in [0.25, 0.3) is 0 Å². The SMILES string of the molecule is CCOC(=O)COc1ccc(-c2cccc(C3(C)C=CC(C)=N3)n2)c2c1CCCC2. The van der Waals surface area contributed by atoms with Crippen molar-refractivity contribution in [1.82, 2.24) is 4.98 Å². The number of esters is 1. The predicted octanol–water partition coefficient (Wildman–Crippen LogP) is 4.82. The van der Waals surface area contributed by atoms with Gasteiger partial charge in [0.2, 0.25) is 0 Å². The second kappa shape index (κ2) is 8.42. The molecule has 4 rings (SSSR count). The molecule has 1 aromatic heterocycles. The molecule has 2 aliphatic rings. The van der Waals surface area contributed by atoms with Crippen molar-refractivity contribution < 1.29 is 14.3 Å². The Hall–Kier alpha value is -2.95. The molecule has 1 aliphatic heterocycles. The van der Waals surface area contributed by atoms with Crippen molar-refractivity contribution in [2.45, 2.75) is 52.0 Å². The predicted molar refractivity (Wildman–Crippen MR) is 118 cm³/mol. The van der Waals surface area contributed by atoms with Gasteiger partial charge in [-0.25, -0.2) is 9.78 Å². The number of nitrogens with zero attached hydrogens (tertiary/aromatic N) is 2. The first-order valence-corrected chi connectivity index (χ1v) is 10.7. The number of carbonyl (C=O) groups is 1. The first-order valence-electron chi connectivity index (χ1n) is 10.7. The van der Waals surface area contributed by atoms with Crippen molar-refractivity contribution in [3.63, 3.8) is 0 Å². The monoisotopic (exact) mass is 404 g/mol. The van der Waals surface area contributed by atoms with Crippen LogP contribution in [0.3, 0.4) is 0 Å². The minimum atomic E-state index is -0.414. The van der Waals surface area contributed by atoms with E-state index in [-0.39, 0.29) is 12.6 Å². The van der Waals surface area contributed by atoms with Crippen LogP contribution in [-0.2, 0) is 27.9 Å². The van der Waals surface area contributed by atoms with Gasteiger partial charge in [-0.15, -0.1) is 0 Å². The highest BCUT2D eigenvalue weighted by atomic mass is 16.6. The van der Waals surface area contributed by atoms with Gasteiger partial charge in [-0.3, -0.25) is 4.99 Å². The second-order valence-electron chi connectivity index (χ2n) is 8.01. The Labute approximate surface area is 177 Å². The third-order valence-electron chi connectivity index (χ3n) is 5.74. The van der Waals surface area contributed by atoms with Crippen LogP contribution in [0.25, 0.3) is 11.3 Å². The summed E-state index contributed by atoms with van der Waals surface area (Å²) in [7, 11) is 0. The molecule has 1 aliphatic carbocycles. The number of carbonyl (C=O) groups excluding carboxylic acids is 1. The van der Waals surface area contributed by atoms with Crippen LogP contribution >= 0.6 is 0 Å². The summed E-state index contributed by atoms with van der Waals surface area (Å²) in [6.45, 7) is 6.20. The molecule has 156 valence electrons. The smallest absolute Gasteiger partial charge is 0.344 e. The Morgan fingerprint density at radius 3 is 2.67 bits per heavy atom. The zero-order chi connectivity index (χ0) is 21.1. The number of hydrogen-bond acceptors (Lipinski definition) is 5. The lowest BCUT2D eigenvalue weighted by Gasteiger charge is -2.23. The average molecular weight is 405 g/mol. The van der Waals surface area contributed by atoms with Crippen LogP contribution in [0.2, 0.25) is 0 Å². The summed E-state index contributed by atoms with van der Waals surface area (Å²) >= 11 is 0. The number of rotatable bonds is 6. The van der Waals surface area contributed by atoms with Gasteiger partial charge in [0, 0.05) is 11.3 Å². The molecule has 0 spiro atoms. The molecular formula is C25H28N2O3. The molecule has 0 N–H and O–H groups in total. The third kappa shape index (κ3) is 4.02. The molecule has 0 saturated carbocycles. The lowest BCUT2D eigenvalue weighted by atomic mass is 9.86. The van der Waals surface area contributed by atoms with Crippen molar-refractivity contribution in [3.8, 4) is 17.0 Å². The largest absolute Gasteiger partial charge is 0.482 e. The van der Waals surface area contributed by atoms with E-state index in [1.165, 1.54) is 11.1 Å². The van der Waals surface area contributed by atoms with Crippen LogP contribution in [0.4, 0.5) is 0 Å². The molecule has 1 atom stereocenters. The summed E-state index contributed by atoms with van der Waals surface area (Å²) < 4.78 is 10.8. The number of fused-ring (bicyclic) bond motifs is 1. The fraction of sp³-hybridized carbons (Fsp3) is 0.400. The Morgan fingerprint density at radius 2 is 1.93 bits per heavy atom. The Kier molecular flexibility index (Phi) is 5.71. The molecule has 2 aromatic rings.